The third-order valence-electron chi connectivity index (χ3n) is 2.50. The number of aliphatic hydroxyl groups is 1. The molecule has 1 aromatic heterocycles. The molecule has 2 aromatic rings. The number of hydrogen-bond donors (Lipinski definition) is 2. The molecule has 0 bridgehead atoms. The third-order valence-corrected chi connectivity index (χ3v) is 2.74. The Morgan fingerprint density at radius 1 is 1.42 bits per heavy atom. The summed E-state index contributed by atoms with van der Waals surface area (Å²) in [6.45, 7) is -0.254. The number of anilines is 1. The van der Waals surface area contributed by atoms with Crippen LogP contribution in [0.25, 0.3) is 0 Å². The summed E-state index contributed by atoms with van der Waals surface area (Å²) >= 11 is 5.72. The molecule has 0 radical (unpaired) electrons. The number of nitrogens with one attached hydrogen (secondary N) is 1. The summed E-state index contributed by atoms with van der Waals surface area (Å²) in [6.07, 6.45) is 2.87. The lowest BCUT2D eigenvalue weighted by Crippen LogP contribution is -2.15. The van der Waals surface area contributed by atoms with Crippen molar-refractivity contribution < 1.29 is 14.3 Å². The maximum atomic E-state index is 13.5. The number of aromatic nitrogens is 1. The fourth-order valence-electron chi connectivity index (χ4n) is 1.53. The number of hydrogen-bond acceptors (Lipinski definition) is 3. The van der Waals surface area contributed by atoms with Gasteiger partial charge in [-0.25, -0.2) is 4.39 Å². The Labute approximate surface area is 113 Å². The molecule has 0 aliphatic rings. The summed E-state index contributed by atoms with van der Waals surface area (Å²) in [5, 5.41) is 11.9. The summed E-state index contributed by atoms with van der Waals surface area (Å²) in [7, 11) is 0. The highest BCUT2D eigenvalue weighted by Crippen LogP contribution is 2.18. The second-order valence-electron chi connectivity index (χ2n) is 3.77. The van der Waals surface area contributed by atoms with Crippen LogP contribution in [0.1, 0.15) is 15.9 Å². The molecule has 2 N–H and O–H groups in total. The molecule has 0 saturated carbocycles. The van der Waals surface area contributed by atoms with E-state index in [4.69, 9.17) is 16.7 Å². The standard InChI is InChI=1S/C13H10ClFN2O2/c14-9-1-2-11(15)10(5-9)13(19)17-12-6-16-4-3-8(12)7-18/h1-6,18H,7H2,(H,17,19). The molecule has 0 spiro atoms. The van der Waals surface area contributed by atoms with E-state index in [0.717, 1.165) is 6.07 Å². The zero-order chi connectivity index (χ0) is 13.8. The summed E-state index contributed by atoms with van der Waals surface area (Å²) in [5.74, 6) is -1.32. The van der Waals surface area contributed by atoms with Crippen LogP contribution in [-0.4, -0.2) is 16.0 Å². The van der Waals surface area contributed by atoms with Crippen LogP contribution < -0.4 is 5.32 Å². The second-order valence-corrected chi connectivity index (χ2v) is 4.21. The molecule has 0 aliphatic heterocycles. The Hall–Kier alpha value is -1.98. The van der Waals surface area contributed by atoms with Crippen LogP contribution >= 0.6 is 11.6 Å². The van der Waals surface area contributed by atoms with Crippen molar-refractivity contribution in [3.8, 4) is 0 Å². The lowest BCUT2D eigenvalue weighted by atomic mass is 10.2. The Balaban J connectivity index is 2.28. The van der Waals surface area contributed by atoms with Crippen molar-refractivity contribution in [3.05, 3.63) is 58.6 Å². The van der Waals surface area contributed by atoms with Crippen molar-refractivity contribution in [1.29, 1.82) is 0 Å². The van der Waals surface area contributed by atoms with E-state index in [-0.39, 0.29) is 17.2 Å². The number of amides is 1. The van der Waals surface area contributed by atoms with E-state index in [1.807, 2.05) is 0 Å². The van der Waals surface area contributed by atoms with Crippen LogP contribution in [0.4, 0.5) is 10.1 Å². The first kappa shape index (κ1) is 13.5. The number of benzene rings is 1. The minimum absolute atomic E-state index is 0.166. The van der Waals surface area contributed by atoms with Gasteiger partial charge in [0.2, 0.25) is 0 Å². The average Bonchev–Trinajstić information content (AvgIpc) is 2.42. The lowest BCUT2D eigenvalue weighted by molar-refractivity contribution is 0.102. The van der Waals surface area contributed by atoms with Gasteiger partial charge in [-0.05, 0) is 24.3 Å². The highest BCUT2D eigenvalue weighted by molar-refractivity contribution is 6.31. The summed E-state index contributed by atoms with van der Waals surface area (Å²) in [5.41, 5.74) is 0.653. The minimum Gasteiger partial charge on any atom is -0.392 e. The van der Waals surface area contributed by atoms with Crippen molar-refractivity contribution >= 4 is 23.2 Å². The largest absolute Gasteiger partial charge is 0.392 e. The fourth-order valence-corrected chi connectivity index (χ4v) is 1.71. The SMILES string of the molecule is O=C(Nc1cnccc1CO)c1cc(Cl)ccc1F. The molecule has 98 valence electrons. The van der Waals surface area contributed by atoms with Gasteiger partial charge < -0.3 is 10.4 Å². The fraction of sp³-hybridized carbons (Fsp3) is 0.0769. The van der Waals surface area contributed by atoms with Crippen LogP contribution in [0.15, 0.2) is 36.7 Å². The van der Waals surface area contributed by atoms with Crippen LogP contribution in [0.5, 0.6) is 0 Å². The quantitative estimate of drug-likeness (QED) is 0.908. The molecule has 2 rings (SSSR count). The van der Waals surface area contributed by atoms with Crippen molar-refractivity contribution in [2.24, 2.45) is 0 Å². The van der Waals surface area contributed by atoms with E-state index < -0.39 is 11.7 Å². The van der Waals surface area contributed by atoms with Gasteiger partial charge >= 0.3 is 0 Å². The molecule has 0 atom stereocenters. The molecule has 0 fully saturated rings. The Morgan fingerprint density at radius 2 is 2.21 bits per heavy atom. The molecular weight excluding hydrogens is 271 g/mol. The summed E-state index contributed by atoms with van der Waals surface area (Å²) in [4.78, 5) is 15.8. The predicted molar refractivity (Wildman–Crippen MR) is 69.5 cm³/mol. The number of carbonyl (C=O) groups is 1. The molecule has 4 nitrogen and oxygen atoms in total. The smallest absolute Gasteiger partial charge is 0.258 e. The van der Waals surface area contributed by atoms with Gasteiger partial charge in [0.15, 0.2) is 0 Å². The van der Waals surface area contributed by atoms with E-state index in [1.54, 1.807) is 6.07 Å². The van der Waals surface area contributed by atoms with Crippen molar-refractivity contribution in [3.63, 3.8) is 0 Å². The van der Waals surface area contributed by atoms with E-state index in [1.165, 1.54) is 24.5 Å². The van der Waals surface area contributed by atoms with Crippen LogP contribution in [0, 0.1) is 5.82 Å². The van der Waals surface area contributed by atoms with Crippen molar-refractivity contribution in [2.45, 2.75) is 6.61 Å². The Morgan fingerprint density at radius 3 is 2.95 bits per heavy atom. The molecular formula is C13H10ClFN2O2. The van der Waals surface area contributed by atoms with Gasteiger partial charge in [0.25, 0.3) is 5.91 Å². The minimum atomic E-state index is -0.670. The van der Waals surface area contributed by atoms with E-state index in [2.05, 4.69) is 10.3 Å². The Bertz CT molecular complexity index is 619. The number of carbonyl (C=O) groups excluding carboxylic acids is 1. The van der Waals surface area contributed by atoms with Gasteiger partial charge in [0.05, 0.1) is 24.1 Å². The van der Waals surface area contributed by atoms with Gasteiger partial charge in [-0.2, -0.15) is 0 Å². The highest BCUT2D eigenvalue weighted by atomic mass is 35.5. The maximum absolute atomic E-state index is 13.5. The molecule has 1 aromatic carbocycles. The number of pyridine rings is 1. The van der Waals surface area contributed by atoms with Crippen LogP contribution in [0.3, 0.4) is 0 Å². The average molecular weight is 281 g/mol. The molecule has 19 heavy (non-hydrogen) atoms. The van der Waals surface area contributed by atoms with E-state index in [0.29, 0.717) is 11.3 Å². The van der Waals surface area contributed by atoms with Gasteiger partial charge in [-0.3, -0.25) is 9.78 Å². The first-order valence-corrected chi connectivity index (χ1v) is 5.79. The first-order valence-electron chi connectivity index (χ1n) is 5.42. The highest BCUT2D eigenvalue weighted by Gasteiger charge is 2.14. The van der Waals surface area contributed by atoms with Gasteiger partial charge in [-0.1, -0.05) is 11.6 Å². The normalized spacial score (nSPS) is 10.3. The van der Waals surface area contributed by atoms with Gasteiger partial charge in [0.1, 0.15) is 5.82 Å². The topological polar surface area (TPSA) is 62.2 Å². The predicted octanol–water partition coefficient (Wildman–Crippen LogP) is 2.62. The number of halogens is 2. The number of rotatable bonds is 3. The molecule has 0 aliphatic carbocycles. The molecule has 0 unspecified atom stereocenters. The first-order chi connectivity index (χ1) is 9.11. The van der Waals surface area contributed by atoms with Gasteiger partial charge in [-0.15, -0.1) is 0 Å². The second kappa shape index (κ2) is 5.77. The molecule has 1 heterocycles. The molecule has 0 saturated heterocycles. The number of nitrogens with zero attached hydrogens (tertiary/aromatic N) is 1. The van der Waals surface area contributed by atoms with Crippen LogP contribution in [0.2, 0.25) is 5.02 Å². The Kier molecular flexibility index (Phi) is 4.09. The molecule has 1 amide bonds. The number of aliphatic hydroxyl groups excluding tert-OH is 1. The zero-order valence-corrected chi connectivity index (χ0v) is 10.5. The van der Waals surface area contributed by atoms with Gasteiger partial charge in [0, 0.05) is 16.8 Å². The summed E-state index contributed by atoms with van der Waals surface area (Å²) in [6, 6.07) is 5.27. The zero-order valence-electron chi connectivity index (χ0n) is 9.73. The monoisotopic (exact) mass is 280 g/mol. The molecule has 6 heteroatoms. The third kappa shape index (κ3) is 3.07. The summed E-state index contributed by atoms with van der Waals surface area (Å²) < 4.78 is 13.5. The van der Waals surface area contributed by atoms with E-state index in [9.17, 15) is 9.18 Å². The maximum Gasteiger partial charge on any atom is 0.258 e. The lowest BCUT2D eigenvalue weighted by Gasteiger charge is -2.09. The van der Waals surface area contributed by atoms with E-state index >= 15 is 0 Å². The van der Waals surface area contributed by atoms with Crippen molar-refractivity contribution in [1.82, 2.24) is 4.98 Å². The van der Waals surface area contributed by atoms with Crippen molar-refractivity contribution in [2.75, 3.05) is 5.32 Å². The van der Waals surface area contributed by atoms with Crippen LogP contribution in [-0.2, 0) is 6.61 Å².